The summed E-state index contributed by atoms with van der Waals surface area (Å²) in [5.74, 6) is 2.56. The fourth-order valence-corrected chi connectivity index (χ4v) is 8.49. The van der Waals surface area contributed by atoms with Crippen molar-refractivity contribution in [1.29, 1.82) is 0 Å². The lowest BCUT2D eigenvalue weighted by molar-refractivity contribution is 0.415. The normalized spacial score (nSPS) is 11.5. The molecule has 0 bridgehead atoms. The summed E-state index contributed by atoms with van der Waals surface area (Å²) in [5.41, 5.74) is 10.1. The second-order valence-electron chi connectivity index (χ2n) is 14.8. The monoisotopic (exact) mass is 756 g/mol. The van der Waals surface area contributed by atoms with Gasteiger partial charge in [0, 0.05) is 33.0 Å². The van der Waals surface area contributed by atoms with Crippen LogP contribution in [0.4, 0.5) is 0 Å². The Morgan fingerprint density at radius 1 is 0.356 bits per heavy atom. The summed E-state index contributed by atoms with van der Waals surface area (Å²) in [6, 6.07) is 70.1. The zero-order chi connectivity index (χ0) is 39.3. The smallest absolute Gasteiger partial charge is 0.164 e. The van der Waals surface area contributed by atoms with E-state index in [1.807, 2.05) is 6.07 Å². The van der Waals surface area contributed by atoms with Gasteiger partial charge in [-0.25, -0.2) is 15.0 Å². The van der Waals surface area contributed by atoms with Gasteiger partial charge in [-0.05, 0) is 74.6 Å². The molecule has 0 saturated carbocycles. The number of nitrogens with zero attached hydrogens (tertiary/aromatic N) is 4. The van der Waals surface area contributed by atoms with Crippen LogP contribution in [0.3, 0.4) is 0 Å². The summed E-state index contributed by atoms with van der Waals surface area (Å²) in [4.78, 5) is 15.6. The molecule has 0 aliphatic rings. The van der Waals surface area contributed by atoms with Crippen LogP contribution in [0.5, 0.6) is 5.75 Å². The van der Waals surface area contributed by atoms with E-state index < -0.39 is 0 Å². The van der Waals surface area contributed by atoms with Crippen molar-refractivity contribution in [1.82, 2.24) is 19.5 Å². The summed E-state index contributed by atoms with van der Waals surface area (Å²) in [7, 11) is 1.75. The highest BCUT2D eigenvalue weighted by atomic mass is 16.5. The number of rotatable bonds is 7. The van der Waals surface area contributed by atoms with Gasteiger partial charge < -0.3 is 9.30 Å². The van der Waals surface area contributed by atoms with Gasteiger partial charge in [0.25, 0.3) is 0 Å². The molecule has 2 aromatic heterocycles. The first-order chi connectivity index (χ1) is 29.2. The molecule has 5 heteroatoms. The Hall–Kier alpha value is -7.89. The van der Waals surface area contributed by atoms with Crippen molar-refractivity contribution >= 4 is 43.4 Å². The highest BCUT2D eigenvalue weighted by Gasteiger charge is 2.22. The van der Waals surface area contributed by atoms with Crippen molar-refractivity contribution in [2.75, 3.05) is 7.11 Å². The number of benzene rings is 9. The number of hydrogen-bond donors (Lipinski definition) is 0. The Balaban J connectivity index is 1.10. The van der Waals surface area contributed by atoms with Gasteiger partial charge in [0.05, 0.1) is 23.8 Å². The highest BCUT2D eigenvalue weighted by Crippen LogP contribution is 2.43. The molecule has 0 aliphatic heterocycles. The van der Waals surface area contributed by atoms with Crippen LogP contribution >= 0.6 is 0 Å². The van der Waals surface area contributed by atoms with Gasteiger partial charge in [-0.1, -0.05) is 164 Å². The van der Waals surface area contributed by atoms with E-state index in [2.05, 4.69) is 199 Å². The Morgan fingerprint density at radius 3 is 1.59 bits per heavy atom. The maximum absolute atomic E-state index is 6.43. The lowest BCUT2D eigenvalue weighted by Crippen LogP contribution is -2.03. The molecule has 0 radical (unpaired) electrons. The number of hydrogen-bond acceptors (Lipinski definition) is 4. The molecular formula is C54H36N4O. The van der Waals surface area contributed by atoms with E-state index in [0.29, 0.717) is 17.5 Å². The third-order valence-electron chi connectivity index (χ3n) is 11.3. The summed E-state index contributed by atoms with van der Waals surface area (Å²) < 4.78 is 8.75. The average molecular weight is 757 g/mol. The highest BCUT2D eigenvalue weighted by molar-refractivity contribution is 6.11. The van der Waals surface area contributed by atoms with Gasteiger partial charge in [0.1, 0.15) is 0 Å². The second kappa shape index (κ2) is 14.2. The minimum absolute atomic E-state index is 0.583. The molecule has 0 fully saturated rings. The lowest BCUT2D eigenvalue weighted by atomic mass is 9.97. The topological polar surface area (TPSA) is 52.8 Å². The van der Waals surface area contributed by atoms with Gasteiger partial charge in [0.15, 0.2) is 23.2 Å². The first-order valence-corrected chi connectivity index (χ1v) is 19.8. The van der Waals surface area contributed by atoms with Gasteiger partial charge >= 0.3 is 0 Å². The van der Waals surface area contributed by atoms with E-state index in [1.54, 1.807) is 7.11 Å². The number of fused-ring (bicyclic) bond motifs is 5. The van der Waals surface area contributed by atoms with Crippen molar-refractivity contribution in [3.63, 3.8) is 0 Å². The minimum Gasteiger partial charge on any atom is -0.494 e. The third-order valence-corrected chi connectivity index (χ3v) is 11.3. The molecule has 2 heterocycles. The van der Waals surface area contributed by atoms with Crippen LogP contribution in [0.2, 0.25) is 0 Å². The third kappa shape index (κ3) is 5.99. The zero-order valence-corrected chi connectivity index (χ0v) is 32.2. The van der Waals surface area contributed by atoms with Crippen molar-refractivity contribution in [3.05, 3.63) is 200 Å². The first kappa shape index (κ1) is 34.4. The summed E-state index contributed by atoms with van der Waals surface area (Å²) in [6.07, 6.45) is 0. The summed E-state index contributed by atoms with van der Waals surface area (Å²) >= 11 is 0. The molecule has 0 spiro atoms. The Labute approximate surface area is 341 Å². The predicted octanol–water partition coefficient (Wildman–Crippen LogP) is 13.6. The maximum Gasteiger partial charge on any atom is 0.164 e. The quantitative estimate of drug-likeness (QED) is 0.162. The van der Waals surface area contributed by atoms with Gasteiger partial charge in [0.2, 0.25) is 0 Å². The molecule has 0 saturated heterocycles. The number of methoxy groups -OCH3 is 1. The van der Waals surface area contributed by atoms with E-state index >= 15 is 0 Å². The molecule has 11 rings (SSSR count). The zero-order valence-electron chi connectivity index (χ0n) is 32.2. The Bertz CT molecular complexity index is 3290. The van der Waals surface area contributed by atoms with Crippen LogP contribution in [0.25, 0.3) is 105 Å². The summed E-state index contributed by atoms with van der Waals surface area (Å²) in [5, 5.41) is 6.95. The molecular weight excluding hydrogens is 721 g/mol. The van der Waals surface area contributed by atoms with Crippen molar-refractivity contribution in [2.24, 2.45) is 0 Å². The molecule has 0 atom stereocenters. The van der Waals surface area contributed by atoms with E-state index in [9.17, 15) is 0 Å². The molecule has 59 heavy (non-hydrogen) atoms. The maximum atomic E-state index is 6.43. The Kier molecular flexibility index (Phi) is 8.30. The molecule has 11 aromatic rings. The van der Waals surface area contributed by atoms with E-state index in [-0.39, 0.29) is 0 Å². The minimum atomic E-state index is 0.583. The number of para-hydroxylation sites is 2. The van der Waals surface area contributed by atoms with Gasteiger partial charge in [-0.3, -0.25) is 0 Å². The van der Waals surface area contributed by atoms with Gasteiger partial charge in [-0.15, -0.1) is 0 Å². The Morgan fingerprint density at radius 2 is 0.898 bits per heavy atom. The molecule has 5 nitrogen and oxygen atoms in total. The van der Waals surface area contributed by atoms with Gasteiger partial charge in [-0.2, -0.15) is 0 Å². The predicted molar refractivity (Wildman–Crippen MR) is 243 cm³/mol. The van der Waals surface area contributed by atoms with E-state index in [1.165, 1.54) is 21.9 Å². The average Bonchev–Trinajstić information content (AvgIpc) is 3.64. The molecule has 278 valence electrons. The fraction of sp³-hybridized carbons (Fsp3) is 0.0185. The number of ether oxygens (including phenoxy) is 1. The van der Waals surface area contributed by atoms with Crippen molar-refractivity contribution < 1.29 is 4.74 Å². The lowest BCUT2D eigenvalue weighted by Gasteiger charge is -2.18. The standard InChI is InChI=1S/C54H36N4O/c1-59-51-45(23-13-25-50(51)58-48-24-12-11-21-44(48)47-34-40(30-31-49(47)58)35-14-3-2-4-15-35)43-20-9-10-22-46(43)54-56-52(41-28-26-36-16-5-7-18-38(36)32-41)55-53(57-54)42-29-27-37-17-6-8-19-39(37)33-42/h2-34H,1H3. The first-order valence-electron chi connectivity index (χ1n) is 19.8. The molecule has 0 amide bonds. The van der Waals surface area contributed by atoms with Crippen molar-refractivity contribution in [3.8, 4) is 67.9 Å². The van der Waals surface area contributed by atoms with Crippen LogP contribution in [-0.2, 0) is 0 Å². The second-order valence-corrected chi connectivity index (χ2v) is 14.8. The van der Waals surface area contributed by atoms with Crippen LogP contribution < -0.4 is 4.74 Å². The van der Waals surface area contributed by atoms with Crippen LogP contribution in [0.1, 0.15) is 0 Å². The fourth-order valence-electron chi connectivity index (χ4n) is 8.49. The van der Waals surface area contributed by atoms with E-state index in [4.69, 9.17) is 19.7 Å². The van der Waals surface area contributed by atoms with E-state index in [0.717, 1.165) is 71.8 Å². The molecule has 9 aromatic carbocycles. The van der Waals surface area contributed by atoms with Crippen LogP contribution in [0.15, 0.2) is 200 Å². The van der Waals surface area contributed by atoms with Crippen LogP contribution in [-0.4, -0.2) is 26.6 Å². The molecule has 0 N–H and O–H groups in total. The number of aromatic nitrogens is 4. The van der Waals surface area contributed by atoms with Crippen molar-refractivity contribution in [2.45, 2.75) is 0 Å². The SMILES string of the molecule is COc1c(-c2ccccc2-c2nc(-c3ccc4ccccc4c3)nc(-c3ccc4ccccc4c3)n2)cccc1-n1c2ccccc2c2cc(-c3ccccc3)ccc21. The largest absolute Gasteiger partial charge is 0.494 e. The molecule has 0 unspecified atom stereocenters. The van der Waals surface area contributed by atoms with Crippen LogP contribution in [0, 0.1) is 0 Å². The summed E-state index contributed by atoms with van der Waals surface area (Å²) in [6.45, 7) is 0. The molecule has 0 aliphatic carbocycles.